The number of hydrogen-bond acceptors (Lipinski definition) is 6. The molecule has 2 saturated carbocycles. The van der Waals surface area contributed by atoms with Crippen LogP contribution < -0.4 is 0 Å². The van der Waals surface area contributed by atoms with Gasteiger partial charge in [-0.25, -0.2) is 4.79 Å². The summed E-state index contributed by atoms with van der Waals surface area (Å²) in [5.74, 6) is -1.58. The van der Waals surface area contributed by atoms with E-state index in [0.717, 1.165) is 0 Å². The third-order valence-electron chi connectivity index (χ3n) is 6.52. The summed E-state index contributed by atoms with van der Waals surface area (Å²) in [4.78, 5) is 24.5. The molecule has 2 saturated heterocycles. The van der Waals surface area contributed by atoms with Crippen LogP contribution in [0.5, 0.6) is 0 Å². The highest BCUT2D eigenvalue weighted by molar-refractivity contribution is 5.91. The Bertz CT molecular complexity index is 711. The minimum Gasteiger partial charge on any atom is -0.461 e. The fourth-order valence-electron chi connectivity index (χ4n) is 5.17. The summed E-state index contributed by atoms with van der Waals surface area (Å²) in [5.41, 5.74) is -0.838. The summed E-state index contributed by atoms with van der Waals surface area (Å²) in [5, 5.41) is 11.4. The van der Waals surface area contributed by atoms with Crippen LogP contribution in [0.1, 0.15) is 40.0 Å². The van der Waals surface area contributed by atoms with Gasteiger partial charge in [-0.1, -0.05) is 27.0 Å². The summed E-state index contributed by atoms with van der Waals surface area (Å²) in [7, 11) is 0. The topological polar surface area (TPSA) is 85.4 Å². The molecule has 2 heterocycles. The van der Waals surface area contributed by atoms with E-state index < -0.39 is 41.2 Å². The van der Waals surface area contributed by atoms with Crippen molar-refractivity contribution in [2.75, 3.05) is 0 Å². The number of hydrogen-bond donors (Lipinski definition) is 1. The third kappa shape index (κ3) is 2.31. The van der Waals surface area contributed by atoms with Gasteiger partial charge in [0.1, 0.15) is 17.8 Å². The van der Waals surface area contributed by atoms with E-state index in [2.05, 4.69) is 13.2 Å². The van der Waals surface area contributed by atoms with Gasteiger partial charge in [-0.15, -0.1) is 0 Å². The average molecular weight is 362 g/mol. The fourth-order valence-corrected chi connectivity index (χ4v) is 5.17. The first-order valence-corrected chi connectivity index (χ1v) is 9.25. The van der Waals surface area contributed by atoms with E-state index in [9.17, 15) is 14.7 Å². The van der Waals surface area contributed by atoms with Gasteiger partial charge in [0, 0.05) is 24.8 Å². The molecule has 2 aliphatic heterocycles. The molecule has 1 N–H and O–H groups in total. The number of ether oxygens (including phenoxy) is 3. The van der Waals surface area contributed by atoms with Crippen molar-refractivity contribution in [3.05, 3.63) is 24.3 Å². The Morgan fingerprint density at radius 3 is 2.77 bits per heavy atom. The van der Waals surface area contributed by atoms with E-state index in [1.54, 1.807) is 0 Å². The van der Waals surface area contributed by atoms with E-state index >= 15 is 0 Å². The second kappa shape index (κ2) is 5.42. The van der Waals surface area contributed by atoms with Gasteiger partial charge in [-0.3, -0.25) is 4.79 Å². The van der Waals surface area contributed by atoms with E-state index in [1.165, 1.54) is 0 Å². The molecule has 2 aliphatic carbocycles. The second-order valence-electron chi connectivity index (χ2n) is 8.75. The van der Waals surface area contributed by atoms with E-state index in [0.29, 0.717) is 17.6 Å². The van der Waals surface area contributed by atoms with Crippen molar-refractivity contribution in [2.45, 2.75) is 69.5 Å². The van der Waals surface area contributed by atoms with Crippen molar-refractivity contribution in [1.82, 2.24) is 0 Å². The Balaban J connectivity index is 1.70. The molecule has 142 valence electrons. The van der Waals surface area contributed by atoms with Crippen LogP contribution in [0.4, 0.5) is 0 Å². The molecular formula is C20H26O6. The molecule has 6 heteroatoms. The summed E-state index contributed by atoms with van der Waals surface area (Å²) in [6.45, 7) is 13.8. The average Bonchev–Trinajstić information content (AvgIpc) is 2.97. The highest BCUT2D eigenvalue weighted by atomic mass is 16.6. The van der Waals surface area contributed by atoms with Gasteiger partial charge in [-0.05, 0) is 18.4 Å². The number of rotatable bonds is 3. The third-order valence-corrected chi connectivity index (χ3v) is 6.52. The van der Waals surface area contributed by atoms with Crippen LogP contribution in [0, 0.1) is 17.8 Å². The van der Waals surface area contributed by atoms with Crippen molar-refractivity contribution in [2.24, 2.45) is 17.8 Å². The lowest BCUT2D eigenvalue weighted by Gasteiger charge is -2.37. The molecule has 0 aromatic rings. The smallest absolute Gasteiger partial charge is 0.334 e. The van der Waals surface area contributed by atoms with Crippen LogP contribution >= 0.6 is 0 Å². The summed E-state index contributed by atoms with van der Waals surface area (Å²) >= 11 is 0. The standard InChI is InChI=1S/C20H26O6/c1-9(2)6-14(21)24-12-7-10(3)20(23)8-13-19(5,26-13)17(20)16-15(12)11(4)18(22)25-16/h9,12-13,15-17,23H,3-4,6-8H2,1-2,5H3/t12-,13+,15+,16-,17-,19+,20+/m0/s1. The van der Waals surface area contributed by atoms with Crippen molar-refractivity contribution >= 4 is 11.9 Å². The zero-order valence-corrected chi connectivity index (χ0v) is 15.5. The number of carbonyl (C=O) groups is 2. The Morgan fingerprint density at radius 2 is 2.12 bits per heavy atom. The molecule has 0 radical (unpaired) electrons. The summed E-state index contributed by atoms with van der Waals surface area (Å²) < 4.78 is 17.2. The fraction of sp³-hybridized carbons (Fsp3) is 0.700. The van der Waals surface area contributed by atoms with Gasteiger partial charge in [0.2, 0.25) is 0 Å². The van der Waals surface area contributed by atoms with Crippen LogP contribution in [-0.2, 0) is 23.8 Å². The molecule has 0 unspecified atom stereocenters. The maximum Gasteiger partial charge on any atom is 0.334 e. The van der Waals surface area contributed by atoms with E-state index in [1.807, 2.05) is 20.8 Å². The van der Waals surface area contributed by atoms with Gasteiger partial charge in [0.15, 0.2) is 0 Å². The van der Waals surface area contributed by atoms with Gasteiger partial charge >= 0.3 is 11.9 Å². The van der Waals surface area contributed by atoms with Crippen molar-refractivity contribution < 1.29 is 28.9 Å². The zero-order valence-electron chi connectivity index (χ0n) is 15.5. The largest absolute Gasteiger partial charge is 0.461 e. The molecule has 4 rings (SSSR count). The molecular weight excluding hydrogens is 336 g/mol. The molecule has 6 nitrogen and oxygen atoms in total. The minimum absolute atomic E-state index is 0.0671. The van der Waals surface area contributed by atoms with Gasteiger partial charge in [0.05, 0.1) is 23.5 Å². The molecule has 0 aromatic carbocycles. The number of esters is 2. The molecule has 0 amide bonds. The normalized spacial score (nSPS) is 46.3. The summed E-state index contributed by atoms with van der Waals surface area (Å²) in [6, 6.07) is 0. The highest BCUT2D eigenvalue weighted by Gasteiger charge is 2.77. The predicted octanol–water partition coefficient (Wildman–Crippen LogP) is 1.91. The van der Waals surface area contributed by atoms with Crippen molar-refractivity contribution in [1.29, 1.82) is 0 Å². The summed E-state index contributed by atoms with van der Waals surface area (Å²) in [6.07, 6.45) is -0.314. The minimum atomic E-state index is -1.19. The van der Waals surface area contributed by atoms with Crippen LogP contribution in [0.25, 0.3) is 0 Å². The van der Waals surface area contributed by atoms with Crippen LogP contribution in [-0.4, -0.2) is 46.6 Å². The molecule has 0 aromatic heterocycles. The Hall–Kier alpha value is -1.66. The first-order chi connectivity index (χ1) is 12.1. The molecule has 0 bridgehead atoms. The first-order valence-electron chi connectivity index (χ1n) is 9.25. The Labute approximate surface area is 153 Å². The van der Waals surface area contributed by atoms with Crippen molar-refractivity contribution in [3.63, 3.8) is 0 Å². The van der Waals surface area contributed by atoms with E-state index in [4.69, 9.17) is 14.2 Å². The van der Waals surface area contributed by atoms with Gasteiger partial charge in [-0.2, -0.15) is 0 Å². The quantitative estimate of drug-likeness (QED) is 0.357. The molecule has 7 atom stereocenters. The molecule has 4 fully saturated rings. The number of fused-ring (bicyclic) bond motifs is 5. The Kier molecular flexibility index (Phi) is 3.70. The molecule has 0 spiro atoms. The highest BCUT2D eigenvalue weighted by Crippen LogP contribution is 2.65. The second-order valence-corrected chi connectivity index (χ2v) is 8.75. The lowest BCUT2D eigenvalue weighted by Crippen LogP contribution is -2.49. The SMILES string of the molecule is C=C1C(=O)O[C@H]2[C@H]1[C@@H](OC(=O)CC(C)C)CC(=C)[C@]1(O)C[C@H]3O[C@@]3(C)[C@H]21. The number of carbonyl (C=O) groups excluding carboxylic acids is 2. The first kappa shape index (κ1) is 17.7. The van der Waals surface area contributed by atoms with Crippen LogP contribution in [0.3, 0.4) is 0 Å². The Morgan fingerprint density at radius 1 is 1.42 bits per heavy atom. The lowest BCUT2D eigenvalue weighted by atomic mass is 9.75. The zero-order chi connectivity index (χ0) is 19.0. The van der Waals surface area contributed by atoms with Crippen LogP contribution in [0.2, 0.25) is 0 Å². The molecule has 4 aliphatic rings. The predicted molar refractivity (Wildman–Crippen MR) is 91.9 cm³/mol. The monoisotopic (exact) mass is 362 g/mol. The van der Waals surface area contributed by atoms with Gasteiger partial charge in [0.25, 0.3) is 0 Å². The van der Waals surface area contributed by atoms with E-state index in [-0.39, 0.29) is 30.8 Å². The number of aliphatic hydroxyl groups is 1. The van der Waals surface area contributed by atoms with Crippen molar-refractivity contribution in [3.8, 4) is 0 Å². The lowest BCUT2D eigenvalue weighted by molar-refractivity contribution is -0.155. The maximum atomic E-state index is 12.3. The number of epoxide rings is 1. The molecule has 26 heavy (non-hydrogen) atoms. The van der Waals surface area contributed by atoms with Gasteiger partial charge < -0.3 is 19.3 Å². The maximum absolute atomic E-state index is 12.3. The van der Waals surface area contributed by atoms with Crippen LogP contribution in [0.15, 0.2) is 24.3 Å².